The molecule has 1 aliphatic rings. The van der Waals surface area contributed by atoms with Crippen LogP contribution >= 0.6 is 0 Å². The number of rotatable bonds is 10. The van der Waals surface area contributed by atoms with E-state index in [-0.39, 0.29) is 22.9 Å². The largest absolute Gasteiger partial charge is 0.493 e. The molecule has 1 aliphatic heterocycles. The smallest absolute Gasteiger partial charge is 0.256 e. The number of carbonyl (C=O) groups is 2. The van der Waals surface area contributed by atoms with Gasteiger partial charge in [-0.2, -0.15) is 0 Å². The highest BCUT2D eigenvalue weighted by atomic mass is 32.2. The Bertz CT molecular complexity index is 832. The predicted molar refractivity (Wildman–Crippen MR) is 111 cm³/mol. The van der Waals surface area contributed by atoms with Gasteiger partial charge in [0.25, 0.3) is 5.91 Å². The van der Waals surface area contributed by atoms with Crippen molar-refractivity contribution in [2.75, 3.05) is 44.1 Å². The number of ether oxygens (including phenoxy) is 2. The number of carbonyl (C=O) groups excluding carboxylic acids is 2. The minimum Gasteiger partial charge on any atom is -0.493 e. The number of nitrogens with zero attached hydrogens (tertiary/aromatic N) is 1. The van der Waals surface area contributed by atoms with Gasteiger partial charge >= 0.3 is 0 Å². The van der Waals surface area contributed by atoms with Crippen molar-refractivity contribution in [3.05, 3.63) is 17.7 Å². The zero-order valence-corrected chi connectivity index (χ0v) is 18.1. The molecule has 2 rings (SSSR count). The Morgan fingerprint density at radius 1 is 1.07 bits per heavy atom. The van der Waals surface area contributed by atoms with E-state index in [1.165, 1.54) is 26.4 Å². The van der Waals surface area contributed by atoms with Gasteiger partial charge in [0.05, 0.1) is 31.2 Å². The predicted octanol–water partition coefficient (Wildman–Crippen LogP) is 2.48. The van der Waals surface area contributed by atoms with Crippen molar-refractivity contribution in [1.82, 2.24) is 4.90 Å². The topological polar surface area (TPSA) is 102 Å². The number of benzene rings is 1. The van der Waals surface area contributed by atoms with Gasteiger partial charge in [-0.05, 0) is 25.3 Å². The van der Waals surface area contributed by atoms with Gasteiger partial charge < -0.3 is 19.7 Å². The van der Waals surface area contributed by atoms with Gasteiger partial charge in [0.2, 0.25) is 5.91 Å². The number of anilines is 1. The van der Waals surface area contributed by atoms with E-state index < -0.39 is 21.5 Å². The molecule has 0 radical (unpaired) electrons. The summed E-state index contributed by atoms with van der Waals surface area (Å²) in [5, 5.41) is 2.59. The minimum absolute atomic E-state index is 0.0280. The maximum absolute atomic E-state index is 12.9. The Kier molecular flexibility index (Phi) is 8.31. The van der Waals surface area contributed by atoms with Gasteiger partial charge in [0.15, 0.2) is 21.3 Å². The molecular weight excluding hydrogens is 396 g/mol. The summed E-state index contributed by atoms with van der Waals surface area (Å²) < 4.78 is 34.9. The van der Waals surface area contributed by atoms with Gasteiger partial charge in [-0.25, -0.2) is 8.42 Å². The summed E-state index contributed by atoms with van der Waals surface area (Å²) in [4.78, 5) is 27.1. The van der Waals surface area contributed by atoms with Crippen LogP contribution in [0.2, 0.25) is 0 Å². The van der Waals surface area contributed by atoms with Gasteiger partial charge in [-0.1, -0.05) is 19.8 Å². The van der Waals surface area contributed by atoms with Crippen LogP contribution in [0.25, 0.3) is 0 Å². The van der Waals surface area contributed by atoms with Crippen molar-refractivity contribution >= 4 is 27.3 Å². The summed E-state index contributed by atoms with van der Waals surface area (Å²) in [5.74, 6) is -0.858. The quantitative estimate of drug-likeness (QED) is 0.577. The molecule has 2 amide bonds. The van der Waals surface area contributed by atoms with Crippen LogP contribution in [0.1, 0.15) is 49.4 Å². The molecule has 0 saturated carbocycles. The molecule has 162 valence electrons. The second kappa shape index (κ2) is 10.5. The molecule has 0 spiro atoms. The van der Waals surface area contributed by atoms with E-state index in [0.717, 1.165) is 25.7 Å². The average Bonchev–Trinajstić information content (AvgIpc) is 3.21. The molecule has 1 saturated heterocycles. The zero-order chi connectivity index (χ0) is 21.4. The van der Waals surface area contributed by atoms with Crippen LogP contribution in [0.5, 0.6) is 11.5 Å². The molecule has 1 aromatic rings. The summed E-state index contributed by atoms with van der Waals surface area (Å²) >= 11 is 0. The fourth-order valence-electron chi connectivity index (χ4n) is 3.28. The fraction of sp³-hybridized carbons (Fsp3) is 0.600. The molecule has 1 heterocycles. The van der Waals surface area contributed by atoms with Crippen LogP contribution in [0.15, 0.2) is 12.1 Å². The van der Waals surface area contributed by atoms with E-state index in [0.29, 0.717) is 31.0 Å². The minimum atomic E-state index is -3.51. The van der Waals surface area contributed by atoms with Gasteiger partial charge in [-0.15, -0.1) is 0 Å². The van der Waals surface area contributed by atoms with E-state index >= 15 is 0 Å². The third-order valence-electron chi connectivity index (χ3n) is 4.83. The van der Waals surface area contributed by atoms with Crippen LogP contribution in [-0.2, 0) is 14.6 Å². The maximum Gasteiger partial charge on any atom is 0.256 e. The number of likely N-dealkylation sites (tertiary alicyclic amines) is 1. The van der Waals surface area contributed by atoms with Crippen molar-refractivity contribution < 1.29 is 27.5 Å². The molecule has 0 atom stereocenters. The van der Waals surface area contributed by atoms with E-state index in [9.17, 15) is 18.0 Å². The highest BCUT2D eigenvalue weighted by molar-refractivity contribution is 7.92. The van der Waals surface area contributed by atoms with Crippen LogP contribution < -0.4 is 14.8 Å². The fourth-order valence-corrected chi connectivity index (χ4v) is 4.54. The van der Waals surface area contributed by atoms with E-state index in [2.05, 4.69) is 5.32 Å². The van der Waals surface area contributed by atoms with Gasteiger partial charge in [-0.3, -0.25) is 9.59 Å². The van der Waals surface area contributed by atoms with E-state index in [4.69, 9.17) is 9.47 Å². The standard InChI is InChI=1S/C20H30N2O6S/c1-4-5-8-11-29(25,26)14-19(23)21-16-13-18(28-3)17(27-2)12-15(16)20(24)22-9-6-7-10-22/h12-13H,4-11,14H2,1-3H3,(H,21,23). The van der Waals surface area contributed by atoms with E-state index in [1.807, 2.05) is 6.92 Å². The first-order valence-electron chi connectivity index (χ1n) is 9.87. The van der Waals surface area contributed by atoms with Crippen LogP contribution in [0.3, 0.4) is 0 Å². The third kappa shape index (κ3) is 6.35. The molecule has 0 aromatic heterocycles. The Hall–Kier alpha value is -2.29. The lowest BCUT2D eigenvalue weighted by atomic mass is 10.1. The van der Waals surface area contributed by atoms with E-state index in [1.54, 1.807) is 4.90 Å². The molecule has 8 nitrogen and oxygen atoms in total. The highest BCUT2D eigenvalue weighted by Crippen LogP contribution is 2.34. The van der Waals surface area contributed by atoms with Crippen molar-refractivity contribution in [3.8, 4) is 11.5 Å². The molecule has 1 N–H and O–H groups in total. The molecule has 9 heteroatoms. The molecule has 29 heavy (non-hydrogen) atoms. The third-order valence-corrected chi connectivity index (χ3v) is 6.44. The number of hydrogen-bond donors (Lipinski definition) is 1. The second-order valence-electron chi connectivity index (χ2n) is 7.10. The monoisotopic (exact) mass is 426 g/mol. The number of nitrogens with one attached hydrogen (secondary N) is 1. The number of amides is 2. The van der Waals surface area contributed by atoms with Crippen molar-refractivity contribution in [1.29, 1.82) is 0 Å². The summed E-state index contributed by atoms with van der Waals surface area (Å²) in [5.41, 5.74) is 0.467. The lowest BCUT2D eigenvalue weighted by molar-refractivity contribution is -0.113. The average molecular weight is 427 g/mol. The Labute approximate surface area is 172 Å². The zero-order valence-electron chi connectivity index (χ0n) is 17.3. The molecule has 0 aliphatic carbocycles. The Balaban J connectivity index is 2.25. The summed E-state index contributed by atoms with van der Waals surface area (Å²) in [6, 6.07) is 3.01. The van der Waals surface area contributed by atoms with Crippen molar-refractivity contribution in [3.63, 3.8) is 0 Å². The molecule has 0 unspecified atom stereocenters. The first kappa shape index (κ1) is 23.0. The maximum atomic E-state index is 12.9. The lowest BCUT2D eigenvalue weighted by Crippen LogP contribution is -2.30. The summed E-state index contributed by atoms with van der Waals surface area (Å²) in [6.07, 6.45) is 4.08. The Morgan fingerprint density at radius 2 is 1.69 bits per heavy atom. The second-order valence-corrected chi connectivity index (χ2v) is 9.28. The highest BCUT2D eigenvalue weighted by Gasteiger charge is 2.26. The molecule has 0 bridgehead atoms. The summed E-state index contributed by atoms with van der Waals surface area (Å²) in [6.45, 7) is 3.27. The van der Waals surface area contributed by atoms with Gasteiger partial charge in [0.1, 0.15) is 5.75 Å². The first-order chi connectivity index (χ1) is 13.8. The SMILES string of the molecule is CCCCCS(=O)(=O)CC(=O)Nc1cc(OC)c(OC)cc1C(=O)N1CCCC1. The molecular formula is C20H30N2O6S. The molecule has 1 fully saturated rings. The first-order valence-corrected chi connectivity index (χ1v) is 11.7. The normalized spacial score (nSPS) is 14.0. The molecule has 1 aromatic carbocycles. The van der Waals surface area contributed by atoms with Crippen molar-refractivity contribution in [2.45, 2.75) is 39.0 Å². The number of methoxy groups -OCH3 is 2. The lowest BCUT2D eigenvalue weighted by Gasteiger charge is -2.20. The van der Waals surface area contributed by atoms with Crippen LogP contribution in [0, 0.1) is 0 Å². The van der Waals surface area contributed by atoms with Crippen LogP contribution in [-0.4, -0.2) is 63.9 Å². The summed E-state index contributed by atoms with van der Waals surface area (Å²) in [7, 11) is -0.604. The van der Waals surface area contributed by atoms with Gasteiger partial charge in [0, 0.05) is 19.2 Å². The number of unbranched alkanes of at least 4 members (excludes halogenated alkanes) is 2. The van der Waals surface area contributed by atoms with Crippen LogP contribution in [0.4, 0.5) is 5.69 Å². The Morgan fingerprint density at radius 3 is 2.28 bits per heavy atom. The number of hydrogen-bond acceptors (Lipinski definition) is 6. The number of sulfone groups is 1. The van der Waals surface area contributed by atoms with Crippen molar-refractivity contribution in [2.24, 2.45) is 0 Å².